The van der Waals surface area contributed by atoms with E-state index in [1.165, 1.54) is 6.07 Å². The molecule has 0 unspecified atom stereocenters. The maximum Gasteiger partial charge on any atom is 0.159 e. The Morgan fingerprint density at radius 2 is 2.07 bits per heavy atom. The molecule has 76 valence electrons. The minimum absolute atomic E-state index is 0.261. The minimum atomic E-state index is -0.850. The van der Waals surface area contributed by atoms with E-state index in [0.717, 1.165) is 18.6 Å². The Hall–Kier alpha value is -1.22. The van der Waals surface area contributed by atoms with Gasteiger partial charge >= 0.3 is 0 Å². The number of hydrogen-bond acceptors (Lipinski definition) is 1. The molecule has 0 aliphatic rings. The predicted molar refractivity (Wildman–Crippen MR) is 52.7 cm³/mol. The van der Waals surface area contributed by atoms with Crippen LogP contribution in [0.5, 0.6) is 0 Å². The fourth-order valence-corrected chi connectivity index (χ4v) is 1.21. The van der Waals surface area contributed by atoms with Gasteiger partial charge < -0.3 is 5.73 Å². The van der Waals surface area contributed by atoms with Crippen LogP contribution in [0.25, 0.3) is 0 Å². The van der Waals surface area contributed by atoms with Crippen molar-refractivity contribution in [2.75, 3.05) is 0 Å². The van der Waals surface area contributed by atoms with Crippen molar-refractivity contribution in [2.24, 2.45) is 5.73 Å². The smallest absolute Gasteiger partial charge is 0.159 e. The van der Waals surface area contributed by atoms with Crippen molar-refractivity contribution in [3.63, 3.8) is 0 Å². The number of benzene rings is 1. The van der Waals surface area contributed by atoms with Gasteiger partial charge in [0.2, 0.25) is 0 Å². The van der Waals surface area contributed by atoms with E-state index in [2.05, 4.69) is 6.58 Å². The first-order valence-corrected chi connectivity index (χ1v) is 4.46. The largest absolute Gasteiger partial charge is 0.324 e. The van der Waals surface area contributed by atoms with Crippen molar-refractivity contribution >= 4 is 0 Å². The van der Waals surface area contributed by atoms with Crippen LogP contribution in [0.2, 0.25) is 0 Å². The van der Waals surface area contributed by atoms with Crippen LogP contribution in [0.4, 0.5) is 8.78 Å². The van der Waals surface area contributed by atoms with Crippen molar-refractivity contribution in [3.8, 4) is 0 Å². The quantitative estimate of drug-likeness (QED) is 0.738. The molecule has 2 N–H and O–H groups in total. The molecular formula is C11H13F2N. The number of hydrogen-bond donors (Lipinski definition) is 1. The molecule has 0 bridgehead atoms. The van der Waals surface area contributed by atoms with Crippen LogP contribution in [-0.4, -0.2) is 0 Å². The summed E-state index contributed by atoms with van der Waals surface area (Å²) in [5.41, 5.74) is 6.38. The third-order valence-corrected chi connectivity index (χ3v) is 2.05. The summed E-state index contributed by atoms with van der Waals surface area (Å²) in [6.07, 6.45) is 3.20. The Morgan fingerprint density at radius 1 is 1.36 bits per heavy atom. The Bertz CT molecular complexity index is 323. The first kappa shape index (κ1) is 10.9. The van der Waals surface area contributed by atoms with E-state index in [1.54, 1.807) is 6.08 Å². The zero-order chi connectivity index (χ0) is 10.6. The molecule has 0 saturated heterocycles. The van der Waals surface area contributed by atoms with Gasteiger partial charge in [0.25, 0.3) is 0 Å². The van der Waals surface area contributed by atoms with E-state index < -0.39 is 11.6 Å². The fraction of sp³-hybridized carbons (Fsp3) is 0.273. The van der Waals surface area contributed by atoms with Crippen LogP contribution in [0.1, 0.15) is 24.4 Å². The number of rotatable bonds is 4. The highest BCUT2D eigenvalue weighted by Crippen LogP contribution is 2.18. The van der Waals surface area contributed by atoms with Crippen molar-refractivity contribution in [2.45, 2.75) is 18.9 Å². The lowest BCUT2D eigenvalue weighted by Gasteiger charge is -2.10. The van der Waals surface area contributed by atoms with Crippen LogP contribution in [-0.2, 0) is 0 Å². The lowest BCUT2D eigenvalue weighted by atomic mass is 10.0. The monoisotopic (exact) mass is 197 g/mol. The molecule has 0 aromatic heterocycles. The molecule has 14 heavy (non-hydrogen) atoms. The van der Waals surface area contributed by atoms with Gasteiger partial charge in [0, 0.05) is 6.04 Å². The van der Waals surface area contributed by atoms with E-state index in [-0.39, 0.29) is 6.04 Å². The van der Waals surface area contributed by atoms with E-state index >= 15 is 0 Å². The summed E-state index contributed by atoms with van der Waals surface area (Å²) < 4.78 is 25.4. The molecule has 1 aromatic carbocycles. The molecule has 3 heteroatoms. The lowest BCUT2D eigenvalue weighted by molar-refractivity contribution is 0.504. The number of halogens is 2. The first-order valence-electron chi connectivity index (χ1n) is 4.46. The van der Waals surface area contributed by atoms with Crippen molar-refractivity contribution in [3.05, 3.63) is 48.1 Å². The van der Waals surface area contributed by atoms with Crippen LogP contribution < -0.4 is 5.73 Å². The summed E-state index contributed by atoms with van der Waals surface area (Å²) in [6, 6.07) is 3.48. The molecule has 0 aliphatic heterocycles. The summed E-state index contributed by atoms with van der Waals surface area (Å²) in [6.45, 7) is 3.57. The van der Waals surface area contributed by atoms with E-state index in [9.17, 15) is 8.78 Å². The van der Waals surface area contributed by atoms with E-state index in [1.807, 2.05) is 0 Å². The van der Waals surface area contributed by atoms with Crippen molar-refractivity contribution in [1.29, 1.82) is 0 Å². The zero-order valence-electron chi connectivity index (χ0n) is 7.84. The SMILES string of the molecule is C=CCC[C@H](N)c1ccc(F)c(F)c1. The van der Waals surface area contributed by atoms with Crippen molar-refractivity contribution in [1.82, 2.24) is 0 Å². The predicted octanol–water partition coefficient (Wildman–Crippen LogP) is 2.93. The lowest BCUT2D eigenvalue weighted by Crippen LogP contribution is -2.10. The third kappa shape index (κ3) is 2.64. The van der Waals surface area contributed by atoms with Gasteiger partial charge in [0.05, 0.1) is 0 Å². The van der Waals surface area contributed by atoms with Crippen molar-refractivity contribution < 1.29 is 8.78 Å². The van der Waals surface area contributed by atoms with Gasteiger partial charge in [0.1, 0.15) is 0 Å². The highest BCUT2D eigenvalue weighted by Gasteiger charge is 2.08. The van der Waals surface area contributed by atoms with Crippen LogP contribution >= 0.6 is 0 Å². The second-order valence-electron chi connectivity index (χ2n) is 3.15. The molecule has 1 aromatic rings. The molecule has 0 amide bonds. The van der Waals surface area contributed by atoms with Gasteiger partial charge in [-0.15, -0.1) is 6.58 Å². The van der Waals surface area contributed by atoms with Crippen LogP contribution in [0.15, 0.2) is 30.9 Å². The second kappa shape index (κ2) is 4.86. The molecule has 0 spiro atoms. The average Bonchev–Trinajstić information content (AvgIpc) is 2.18. The normalized spacial score (nSPS) is 12.5. The molecule has 0 radical (unpaired) electrons. The molecular weight excluding hydrogens is 184 g/mol. The molecule has 0 fully saturated rings. The molecule has 0 heterocycles. The van der Waals surface area contributed by atoms with Crippen LogP contribution in [0, 0.1) is 11.6 Å². The van der Waals surface area contributed by atoms with Crippen LogP contribution in [0.3, 0.4) is 0 Å². The molecule has 0 saturated carbocycles. The van der Waals surface area contributed by atoms with E-state index in [0.29, 0.717) is 12.0 Å². The zero-order valence-corrected chi connectivity index (χ0v) is 7.84. The summed E-state index contributed by atoms with van der Waals surface area (Å²) >= 11 is 0. The maximum absolute atomic E-state index is 12.8. The second-order valence-corrected chi connectivity index (χ2v) is 3.15. The Morgan fingerprint density at radius 3 is 2.64 bits per heavy atom. The highest BCUT2D eigenvalue weighted by atomic mass is 19.2. The van der Waals surface area contributed by atoms with Gasteiger partial charge in [-0.25, -0.2) is 8.78 Å². The number of allylic oxidation sites excluding steroid dienone is 1. The Kier molecular flexibility index (Phi) is 3.77. The summed E-state index contributed by atoms with van der Waals surface area (Å²) in [5, 5.41) is 0. The Balaban J connectivity index is 2.75. The highest BCUT2D eigenvalue weighted by molar-refractivity contribution is 5.20. The standard InChI is InChI=1S/C11H13F2N/c1-2-3-4-11(14)8-5-6-9(12)10(13)7-8/h2,5-7,11H,1,3-4,14H2/t11-/m0/s1. The molecule has 1 atom stereocenters. The average molecular weight is 197 g/mol. The topological polar surface area (TPSA) is 26.0 Å². The number of nitrogens with two attached hydrogens (primary N) is 1. The van der Waals surface area contributed by atoms with Gasteiger partial charge in [0.15, 0.2) is 11.6 Å². The van der Waals surface area contributed by atoms with Gasteiger partial charge in [-0.05, 0) is 30.5 Å². The summed E-state index contributed by atoms with van der Waals surface area (Å²) in [5.74, 6) is -1.69. The van der Waals surface area contributed by atoms with E-state index in [4.69, 9.17) is 5.73 Å². The molecule has 0 aliphatic carbocycles. The maximum atomic E-state index is 12.8. The van der Waals surface area contributed by atoms with Gasteiger partial charge in [-0.2, -0.15) is 0 Å². The molecule has 1 nitrogen and oxygen atoms in total. The minimum Gasteiger partial charge on any atom is -0.324 e. The summed E-state index contributed by atoms with van der Waals surface area (Å²) in [4.78, 5) is 0. The third-order valence-electron chi connectivity index (χ3n) is 2.05. The Labute approximate surface area is 82.2 Å². The first-order chi connectivity index (χ1) is 6.65. The fourth-order valence-electron chi connectivity index (χ4n) is 1.21. The van der Waals surface area contributed by atoms with Gasteiger partial charge in [-0.1, -0.05) is 12.1 Å². The molecule has 1 rings (SSSR count). The van der Waals surface area contributed by atoms with Gasteiger partial charge in [-0.3, -0.25) is 0 Å². The summed E-state index contributed by atoms with van der Waals surface area (Å²) in [7, 11) is 0.